The molecule has 0 bridgehead atoms. The number of aliphatic hydroxyl groups is 1. The molecule has 2 atom stereocenters. The fourth-order valence-corrected chi connectivity index (χ4v) is 3.58. The number of rotatable bonds is 4. The highest BCUT2D eigenvalue weighted by molar-refractivity contribution is 8.09. The molecule has 96 valence electrons. The molecule has 0 fully saturated rings. The van der Waals surface area contributed by atoms with E-state index in [0.717, 1.165) is 5.56 Å². The molecule has 1 rings (SSSR count). The van der Waals surface area contributed by atoms with Crippen molar-refractivity contribution in [1.29, 1.82) is 0 Å². The molecule has 17 heavy (non-hydrogen) atoms. The molecule has 0 aliphatic heterocycles. The van der Waals surface area contributed by atoms with E-state index in [1.807, 2.05) is 26.0 Å². The Morgan fingerprint density at radius 2 is 1.65 bits per heavy atom. The van der Waals surface area contributed by atoms with Crippen molar-refractivity contribution >= 4 is 18.3 Å². The molecule has 0 amide bonds. The van der Waals surface area contributed by atoms with Gasteiger partial charge in [0.25, 0.3) is 0 Å². The number of hydrogen-bond donors (Lipinski definition) is 4. The van der Waals surface area contributed by atoms with Crippen LogP contribution in [0, 0.1) is 0 Å². The van der Waals surface area contributed by atoms with Crippen molar-refractivity contribution in [2.45, 2.75) is 31.7 Å². The van der Waals surface area contributed by atoms with Gasteiger partial charge in [-0.15, -0.1) is 0 Å². The van der Waals surface area contributed by atoms with Crippen LogP contribution in [0.25, 0.3) is 0 Å². The number of benzene rings is 1. The lowest BCUT2D eigenvalue weighted by atomic mass is 9.95. The van der Waals surface area contributed by atoms with Gasteiger partial charge in [0.2, 0.25) is 0 Å². The highest BCUT2D eigenvalue weighted by atomic mass is 32.5. The third kappa shape index (κ3) is 3.58. The molecule has 0 radical (unpaired) electrons. The molecule has 0 aromatic heterocycles. The fourth-order valence-electron chi connectivity index (χ4n) is 1.87. The third-order valence-electron chi connectivity index (χ3n) is 2.62. The smallest absolute Gasteiger partial charge is 0.195 e. The second-order valence-electron chi connectivity index (χ2n) is 4.31. The summed E-state index contributed by atoms with van der Waals surface area (Å²) >= 11 is 4.69. The topological polar surface area (TPSA) is 86.7 Å². The SMILES string of the molecule is CC(C)c1ccccc1C(C(N)O)P(O)(O)=S. The maximum atomic E-state index is 9.65. The Bertz CT molecular complexity index is 430. The van der Waals surface area contributed by atoms with Crippen LogP contribution in [0.3, 0.4) is 0 Å². The van der Waals surface area contributed by atoms with Gasteiger partial charge in [0, 0.05) is 0 Å². The van der Waals surface area contributed by atoms with E-state index in [-0.39, 0.29) is 5.92 Å². The number of nitrogens with two attached hydrogens (primary N) is 1. The zero-order valence-electron chi connectivity index (χ0n) is 9.82. The van der Waals surface area contributed by atoms with Gasteiger partial charge in [-0.25, -0.2) is 0 Å². The maximum Gasteiger partial charge on any atom is 0.195 e. The Balaban J connectivity index is 3.34. The van der Waals surface area contributed by atoms with Crippen molar-refractivity contribution in [3.05, 3.63) is 35.4 Å². The molecule has 0 saturated carbocycles. The summed E-state index contributed by atoms with van der Waals surface area (Å²) in [6, 6.07) is 7.22. The summed E-state index contributed by atoms with van der Waals surface area (Å²) in [5, 5.41) is 9.53. The zero-order valence-corrected chi connectivity index (χ0v) is 11.5. The summed E-state index contributed by atoms with van der Waals surface area (Å²) in [4.78, 5) is 19.3. The van der Waals surface area contributed by atoms with Crippen LogP contribution in [0.2, 0.25) is 0 Å². The lowest BCUT2D eigenvalue weighted by Gasteiger charge is -2.27. The number of aliphatic hydroxyl groups excluding tert-OH is 1. The molecule has 0 spiro atoms. The van der Waals surface area contributed by atoms with Gasteiger partial charge in [0.05, 0.1) is 5.66 Å². The molecule has 0 saturated heterocycles. The molecule has 4 nitrogen and oxygen atoms in total. The van der Waals surface area contributed by atoms with Crippen molar-refractivity contribution in [2.24, 2.45) is 5.73 Å². The van der Waals surface area contributed by atoms with Gasteiger partial charge in [-0.2, -0.15) is 0 Å². The fraction of sp³-hybridized carbons (Fsp3) is 0.455. The van der Waals surface area contributed by atoms with E-state index >= 15 is 0 Å². The molecular formula is C11H18NO3PS. The first-order chi connectivity index (χ1) is 7.75. The number of hydrogen-bond acceptors (Lipinski definition) is 3. The van der Waals surface area contributed by atoms with Gasteiger partial charge in [-0.05, 0) is 28.9 Å². The van der Waals surface area contributed by atoms with Crippen molar-refractivity contribution < 1.29 is 14.9 Å². The van der Waals surface area contributed by atoms with E-state index in [4.69, 9.17) is 17.5 Å². The summed E-state index contributed by atoms with van der Waals surface area (Å²) in [6.07, 6.45) is -1.38. The zero-order chi connectivity index (χ0) is 13.2. The third-order valence-corrected chi connectivity index (χ3v) is 4.61. The van der Waals surface area contributed by atoms with E-state index in [0.29, 0.717) is 5.56 Å². The van der Waals surface area contributed by atoms with Crippen LogP contribution in [0.5, 0.6) is 0 Å². The Morgan fingerprint density at radius 1 is 1.18 bits per heavy atom. The first-order valence-electron chi connectivity index (χ1n) is 5.33. The highest BCUT2D eigenvalue weighted by Gasteiger charge is 2.32. The normalized spacial score (nSPS) is 15.9. The summed E-state index contributed by atoms with van der Waals surface area (Å²) in [5.41, 5.74) is 5.95. The van der Waals surface area contributed by atoms with Crippen LogP contribution in [0.15, 0.2) is 24.3 Å². The average Bonchev–Trinajstić information content (AvgIpc) is 2.15. The van der Waals surface area contributed by atoms with Crippen molar-refractivity contribution in [3.8, 4) is 0 Å². The average molecular weight is 275 g/mol. The molecule has 5 N–H and O–H groups in total. The first-order valence-corrected chi connectivity index (χ1v) is 8.10. The van der Waals surface area contributed by atoms with Gasteiger partial charge >= 0.3 is 0 Å². The minimum absolute atomic E-state index is 0.189. The summed E-state index contributed by atoms with van der Waals surface area (Å²) in [6.45, 7) is 0.304. The molecule has 1 aromatic rings. The molecule has 1 aromatic carbocycles. The van der Waals surface area contributed by atoms with Gasteiger partial charge in [0.1, 0.15) is 6.23 Å². The second kappa shape index (κ2) is 5.57. The lowest BCUT2D eigenvalue weighted by molar-refractivity contribution is 0.169. The monoisotopic (exact) mass is 275 g/mol. The summed E-state index contributed by atoms with van der Waals surface area (Å²) in [5.74, 6) is 0.189. The summed E-state index contributed by atoms with van der Waals surface area (Å²) < 4.78 is 0. The Labute approximate surface area is 106 Å². The minimum atomic E-state index is -3.66. The van der Waals surface area contributed by atoms with Crippen LogP contribution >= 0.6 is 6.49 Å². The first kappa shape index (κ1) is 14.8. The van der Waals surface area contributed by atoms with E-state index in [9.17, 15) is 14.9 Å². The highest BCUT2D eigenvalue weighted by Crippen LogP contribution is 2.54. The van der Waals surface area contributed by atoms with Crippen molar-refractivity contribution in [2.75, 3.05) is 0 Å². The van der Waals surface area contributed by atoms with E-state index in [2.05, 4.69) is 0 Å². The van der Waals surface area contributed by atoms with E-state index < -0.39 is 18.4 Å². The van der Waals surface area contributed by atoms with Gasteiger partial charge in [0.15, 0.2) is 6.49 Å². The maximum absolute atomic E-state index is 9.65. The standard InChI is InChI=1S/C11H18NO3PS/c1-7(2)8-5-3-4-6-9(8)10(11(12)13)16(14,15)17/h3-7,10-11,13H,12H2,1-2H3,(H2,14,15,17). The summed E-state index contributed by atoms with van der Waals surface area (Å²) in [7, 11) is 0. The van der Waals surface area contributed by atoms with Crippen LogP contribution in [-0.4, -0.2) is 21.1 Å². The predicted octanol–water partition coefficient (Wildman–Crippen LogP) is 1.42. The Hall–Kier alpha value is -0.290. The van der Waals surface area contributed by atoms with E-state index in [1.54, 1.807) is 12.1 Å². The molecule has 0 aliphatic carbocycles. The molecule has 0 aliphatic rings. The van der Waals surface area contributed by atoms with Crippen LogP contribution < -0.4 is 5.73 Å². The van der Waals surface area contributed by atoms with Gasteiger partial charge in [-0.1, -0.05) is 38.1 Å². The Kier molecular flexibility index (Phi) is 4.84. The van der Waals surface area contributed by atoms with Crippen LogP contribution in [-0.2, 0) is 11.8 Å². The molecular weight excluding hydrogens is 257 g/mol. The molecule has 0 heterocycles. The van der Waals surface area contributed by atoms with Crippen LogP contribution in [0.1, 0.15) is 36.6 Å². The molecule has 6 heteroatoms. The molecule has 2 unspecified atom stereocenters. The lowest BCUT2D eigenvalue weighted by Crippen LogP contribution is -2.28. The van der Waals surface area contributed by atoms with Crippen molar-refractivity contribution in [1.82, 2.24) is 0 Å². The van der Waals surface area contributed by atoms with Gasteiger partial charge < -0.3 is 20.6 Å². The van der Waals surface area contributed by atoms with Gasteiger partial charge in [-0.3, -0.25) is 0 Å². The quantitative estimate of drug-likeness (QED) is 0.493. The van der Waals surface area contributed by atoms with Crippen LogP contribution in [0.4, 0.5) is 0 Å². The Morgan fingerprint density at radius 3 is 2.00 bits per heavy atom. The minimum Gasteiger partial charge on any atom is -0.378 e. The predicted molar refractivity (Wildman–Crippen MR) is 72.2 cm³/mol. The largest absolute Gasteiger partial charge is 0.378 e. The van der Waals surface area contributed by atoms with Crippen molar-refractivity contribution in [3.63, 3.8) is 0 Å². The second-order valence-corrected chi connectivity index (χ2v) is 7.65. The van der Waals surface area contributed by atoms with E-state index in [1.165, 1.54) is 0 Å².